The van der Waals surface area contributed by atoms with Gasteiger partial charge in [-0.3, -0.25) is 4.68 Å². The largest absolute Gasteiger partial charge is 0.493 e. The Kier molecular flexibility index (Phi) is 3.65. The predicted molar refractivity (Wildman–Crippen MR) is 73.4 cm³/mol. The number of carboxylic acids is 1. The van der Waals surface area contributed by atoms with Crippen LogP contribution in [0.3, 0.4) is 0 Å². The van der Waals surface area contributed by atoms with Crippen LogP contribution in [-0.4, -0.2) is 35.1 Å². The molecule has 2 rings (SSSR count). The standard InChI is InChI=1S/C14H16N2O4/c1-8-5-9(13(20-4)12(6-8)19-3)11-7-10(14(17)18)15-16(11)2/h5-7H,1-4H3,(H,17,18). The van der Waals surface area contributed by atoms with E-state index in [0.29, 0.717) is 17.2 Å². The van der Waals surface area contributed by atoms with E-state index in [1.54, 1.807) is 21.3 Å². The molecule has 1 heterocycles. The number of carbonyl (C=O) groups is 1. The minimum absolute atomic E-state index is 0.00924. The molecule has 0 spiro atoms. The van der Waals surface area contributed by atoms with Gasteiger partial charge in [0.15, 0.2) is 17.2 Å². The topological polar surface area (TPSA) is 73.6 Å². The van der Waals surface area contributed by atoms with Crippen molar-refractivity contribution in [3.05, 3.63) is 29.5 Å². The summed E-state index contributed by atoms with van der Waals surface area (Å²) in [4.78, 5) is 11.0. The van der Waals surface area contributed by atoms with Crippen molar-refractivity contribution >= 4 is 5.97 Å². The second kappa shape index (κ2) is 5.24. The third-order valence-corrected chi connectivity index (χ3v) is 3.00. The van der Waals surface area contributed by atoms with Crippen molar-refractivity contribution in [2.24, 2.45) is 7.05 Å². The second-order valence-electron chi connectivity index (χ2n) is 4.39. The quantitative estimate of drug-likeness (QED) is 0.925. The van der Waals surface area contributed by atoms with E-state index in [1.165, 1.54) is 10.7 Å². The van der Waals surface area contributed by atoms with Crippen LogP contribution in [0.25, 0.3) is 11.3 Å². The summed E-state index contributed by atoms with van der Waals surface area (Å²) in [5.74, 6) is 0.0871. The van der Waals surface area contributed by atoms with Gasteiger partial charge in [0.2, 0.25) is 0 Å². The maximum atomic E-state index is 11.0. The Morgan fingerprint density at radius 2 is 1.95 bits per heavy atom. The van der Waals surface area contributed by atoms with E-state index in [9.17, 15) is 4.79 Å². The molecular formula is C14H16N2O4. The van der Waals surface area contributed by atoms with Gasteiger partial charge in [0.05, 0.1) is 19.9 Å². The third-order valence-electron chi connectivity index (χ3n) is 3.00. The average molecular weight is 276 g/mol. The molecule has 0 fully saturated rings. The number of methoxy groups -OCH3 is 2. The lowest BCUT2D eigenvalue weighted by molar-refractivity contribution is 0.0689. The number of hydrogen-bond acceptors (Lipinski definition) is 4. The van der Waals surface area contributed by atoms with Gasteiger partial charge in [-0.2, -0.15) is 5.10 Å². The van der Waals surface area contributed by atoms with Crippen LogP contribution >= 0.6 is 0 Å². The number of ether oxygens (including phenoxy) is 2. The van der Waals surface area contributed by atoms with Crippen molar-refractivity contribution < 1.29 is 19.4 Å². The van der Waals surface area contributed by atoms with Gasteiger partial charge in [-0.1, -0.05) is 0 Å². The van der Waals surface area contributed by atoms with Gasteiger partial charge < -0.3 is 14.6 Å². The Hall–Kier alpha value is -2.50. The van der Waals surface area contributed by atoms with E-state index in [2.05, 4.69) is 5.10 Å². The molecule has 1 aromatic heterocycles. The zero-order chi connectivity index (χ0) is 14.9. The Bertz CT molecular complexity index is 661. The first kappa shape index (κ1) is 13.9. The maximum Gasteiger partial charge on any atom is 0.356 e. The van der Waals surface area contributed by atoms with Gasteiger partial charge in [-0.15, -0.1) is 0 Å². The zero-order valence-electron chi connectivity index (χ0n) is 11.8. The lowest BCUT2D eigenvalue weighted by atomic mass is 10.1. The highest BCUT2D eigenvalue weighted by atomic mass is 16.5. The van der Waals surface area contributed by atoms with E-state index in [0.717, 1.165) is 11.1 Å². The molecule has 0 unspecified atom stereocenters. The zero-order valence-corrected chi connectivity index (χ0v) is 11.8. The molecule has 0 saturated heterocycles. The van der Waals surface area contributed by atoms with E-state index in [-0.39, 0.29) is 5.69 Å². The number of carboxylic acid groups (broad SMARTS) is 1. The summed E-state index contributed by atoms with van der Waals surface area (Å²) in [6.07, 6.45) is 0. The lowest BCUT2D eigenvalue weighted by Crippen LogP contribution is -2.00. The molecule has 0 atom stereocenters. The molecule has 2 aromatic rings. The molecule has 0 amide bonds. The number of nitrogens with zero attached hydrogens (tertiary/aromatic N) is 2. The number of aromatic carboxylic acids is 1. The van der Waals surface area contributed by atoms with Crippen LogP contribution in [0.5, 0.6) is 11.5 Å². The molecule has 1 N–H and O–H groups in total. The molecule has 6 nitrogen and oxygen atoms in total. The van der Waals surface area contributed by atoms with Crippen LogP contribution in [0.2, 0.25) is 0 Å². The number of benzene rings is 1. The smallest absolute Gasteiger partial charge is 0.356 e. The highest BCUT2D eigenvalue weighted by Crippen LogP contribution is 2.39. The first-order valence-corrected chi connectivity index (χ1v) is 5.98. The first-order chi connectivity index (χ1) is 9.47. The molecule has 0 radical (unpaired) electrons. The molecule has 0 aliphatic carbocycles. The van der Waals surface area contributed by atoms with Crippen LogP contribution < -0.4 is 9.47 Å². The van der Waals surface area contributed by atoms with Crippen LogP contribution in [0.4, 0.5) is 0 Å². The van der Waals surface area contributed by atoms with Gasteiger partial charge in [0.25, 0.3) is 0 Å². The number of rotatable bonds is 4. The van der Waals surface area contributed by atoms with Crippen molar-refractivity contribution in [3.63, 3.8) is 0 Å². The molecule has 106 valence electrons. The van der Waals surface area contributed by atoms with E-state index in [4.69, 9.17) is 14.6 Å². The number of hydrogen-bond donors (Lipinski definition) is 1. The minimum atomic E-state index is -1.06. The third kappa shape index (κ3) is 2.32. The number of aromatic nitrogens is 2. The molecule has 0 aliphatic heterocycles. The summed E-state index contributed by atoms with van der Waals surface area (Å²) in [5, 5.41) is 13.0. The summed E-state index contributed by atoms with van der Waals surface area (Å²) in [6.45, 7) is 1.93. The Balaban J connectivity index is 2.68. The maximum absolute atomic E-state index is 11.0. The highest BCUT2D eigenvalue weighted by molar-refractivity contribution is 5.87. The fraction of sp³-hybridized carbons (Fsp3) is 0.286. The molecule has 0 saturated carbocycles. The SMILES string of the molecule is COc1cc(C)cc(-c2cc(C(=O)O)nn2C)c1OC. The van der Waals surface area contributed by atoms with Crippen LogP contribution in [-0.2, 0) is 7.05 Å². The molecule has 0 aliphatic rings. The summed E-state index contributed by atoms with van der Waals surface area (Å²) in [5.41, 5.74) is 2.37. The van der Waals surface area contributed by atoms with E-state index < -0.39 is 5.97 Å². The fourth-order valence-electron chi connectivity index (χ4n) is 2.12. The number of aryl methyl sites for hydroxylation is 2. The second-order valence-corrected chi connectivity index (χ2v) is 4.39. The van der Waals surface area contributed by atoms with Crippen molar-refractivity contribution in [2.75, 3.05) is 14.2 Å². The summed E-state index contributed by atoms with van der Waals surface area (Å²) < 4.78 is 12.2. The molecule has 6 heteroatoms. The highest BCUT2D eigenvalue weighted by Gasteiger charge is 2.18. The van der Waals surface area contributed by atoms with Gasteiger partial charge in [0.1, 0.15) is 0 Å². The van der Waals surface area contributed by atoms with Crippen molar-refractivity contribution in [1.29, 1.82) is 0 Å². The summed E-state index contributed by atoms with van der Waals surface area (Å²) >= 11 is 0. The van der Waals surface area contributed by atoms with Gasteiger partial charge >= 0.3 is 5.97 Å². The van der Waals surface area contributed by atoms with Crippen molar-refractivity contribution in [3.8, 4) is 22.8 Å². The van der Waals surface area contributed by atoms with Crippen molar-refractivity contribution in [1.82, 2.24) is 9.78 Å². The Morgan fingerprint density at radius 1 is 1.25 bits per heavy atom. The van der Waals surface area contributed by atoms with Gasteiger partial charge in [0, 0.05) is 12.6 Å². The molecule has 1 aromatic carbocycles. The molecule has 0 bridgehead atoms. The first-order valence-electron chi connectivity index (χ1n) is 5.98. The molecule has 20 heavy (non-hydrogen) atoms. The van der Waals surface area contributed by atoms with Crippen LogP contribution in [0.15, 0.2) is 18.2 Å². The normalized spacial score (nSPS) is 10.4. The summed E-state index contributed by atoms with van der Waals surface area (Å²) in [7, 11) is 4.80. The van der Waals surface area contributed by atoms with Crippen molar-refractivity contribution in [2.45, 2.75) is 6.92 Å². The van der Waals surface area contributed by atoms with E-state index >= 15 is 0 Å². The fourth-order valence-corrected chi connectivity index (χ4v) is 2.12. The van der Waals surface area contributed by atoms with E-state index in [1.807, 2.05) is 19.1 Å². The Morgan fingerprint density at radius 3 is 2.45 bits per heavy atom. The van der Waals surface area contributed by atoms with Gasteiger partial charge in [-0.05, 0) is 30.7 Å². The Labute approximate surface area is 116 Å². The average Bonchev–Trinajstić information content (AvgIpc) is 2.79. The van der Waals surface area contributed by atoms with Crippen LogP contribution in [0, 0.1) is 6.92 Å². The summed E-state index contributed by atoms with van der Waals surface area (Å²) in [6, 6.07) is 5.28. The molecular weight excluding hydrogens is 260 g/mol. The lowest BCUT2D eigenvalue weighted by Gasteiger charge is -2.14. The van der Waals surface area contributed by atoms with Crippen LogP contribution in [0.1, 0.15) is 16.1 Å². The predicted octanol–water partition coefficient (Wildman–Crippen LogP) is 2.11. The van der Waals surface area contributed by atoms with Gasteiger partial charge in [-0.25, -0.2) is 4.79 Å². The monoisotopic (exact) mass is 276 g/mol. The minimum Gasteiger partial charge on any atom is -0.493 e.